The fourth-order valence-corrected chi connectivity index (χ4v) is 9.38. The number of aliphatic hydroxyl groups is 7. The maximum atomic E-state index is 13.1. The number of carbonyl (C=O) groups excluding carboxylic acids is 1. The number of ether oxygens (including phenoxy) is 2. The SMILES string of the molecule is C/C=C/CC/C=C/CCCC(O)C(O)C(COC1OC(CO)C(O)C(O)C1O)NC(=O)C(O)CCCCCCCCCCCCCCCCCC/C=C\C/C=C\CCCCCCCCCCCCCCC. The Balaban J connectivity index is 2.10. The normalized spacial score (nSPS) is 20.5. The van der Waals surface area contributed by atoms with E-state index in [1.807, 2.05) is 19.1 Å². The predicted molar refractivity (Wildman–Crippen MR) is 293 cm³/mol. The minimum atomic E-state index is -1.67. The molecule has 1 fully saturated rings. The van der Waals surface area contributed by atoms with Crippen molar-refractivity contribution < 1.29 is 50.0 Å². The first-order valence-corrected chi connectivity index (χ1v) is 29.5. The first-order chi connectivity index (χ1) is 34.7. The third-order valence-electron chi connectivity index (χ3n) is 14.2. The Morgan fingerprint density at radius 1 is 0.521 bits per heavy atom. The molecule has 11 nitrogen and oxygen atoms in total. The second-order valence-electron chi connectivity index (χ2n) is 20.7. The van der Waals surface area contributed by atoms with E-state index in [0.29, 0.717) is 19.3 Å². The highest BCUT2D eigenvalue weighted by molar-refractivity contribution is 5.80. The molecule has 0 aliphatic carbocycles. The lowest BCUT2D eigenvalue weighted by molar-refractivity contribution is -0.303. The molecule has 0 spiro atoms. The minimum Gasteiger partial charge on any atom is -0.394 e. The molecule has 1 aliphatic rings. The van der Waals surface area contributed by atoms with Crippen molar-refractivity contribution in [2.24, 2.45) is 0 Å². The topological polar surface area (TPSA) is 189 Å². The van der Waals surface area contributed by atoms with Crippen LogP contribution in [0.5, 0.6) is 0 Å². The van der Waals surface area contributed by atoms with Gasteiger partial charge in [0.05, 0.1) is 25.4 Å². The Hall–Kier alpha value is -1.93. The molecule has 1 rings (SSSR count). The molecule has 0 aromatic rings. The van der Waals surface area contributed by atoms with Crippen molar-refractivity contribution in [3.8, 4) is 0 Å². The van der Waals surface area contributed by atoms with E-state index < -0.39 is 74.2 Å². The number of hydrogen-bond donors (Lipinski definition) is 8. The van der Waals surface area contributed by atoms with Crippen LogP contribution in [-0.4, -0.2) is 110 Å². The van der Waals surface area contributed by atoms with Crippen molar-refractivity contribution in [3.05, 3.63) is 48.6 Å². The van der Waals surface area contributed by atoms with Crippen molar-refractivity contribution in [1.29, 1.82) is 0 Å². The monoisotopic (exact) mass is 1010 g/mol. The third kappa shape index (κ3) is 37.5. The van der Waals surface area contributed by atoms with Crippen LogP contribution in [-0.2, 0) is 14.3 Å². The van der Waals surface area contributed by atoms with Gasteiger partial charge in [0.15, 0.2) is 6.29 Å². The van der Waals surface area contributed by atoms with E-state index in [0.717, 1.165) is 38.5 Å². The van der Waals surface area contributed by atoms with Gasteiger partial charge in [0.25, 0.3) is 0 Å². The van der Waals surface area contributed by atoms with E-state index in [2.05, 4.69) is 48.7 Å². The van der Waals surface area contributed by atoms with Crippen LogP contribution in [0.1, 0.15) is 258 Å². The van der Waals surface area contributed by atoms with Crippen LogP contribution < -0.4 is 5.32 Å². The predicted octanol–water partition coefficient (Wildman–Crippen LogP) is 12.5. The summed E-state index contributed by atoms with van der Waals surface area (Å²) in [5.41, 5.74) is 0. The number of amides is 1. The number of rotatable bonds is 50. The van der Waals surface area contributed by atoms with E-state index >= 15 is 0 Å². The molecule has 0 aromatic heterocycles. The summed E-state index contributed by atoms with van der Waals surface area (Å²) in [6.07, 6.45) is 51.2. The molecule has 0 aromatic carbocycles. The zero-order valence-electron chi connectivity index (χ0n) is 45.5. The molecule has 71 heavy (non-hydrogen) atoms. The molecule has 8 N–H and O–H groups in total. The molecule has 0 bridgehead atoms. The number of hydrogen-bond acceptors (Lipinski definition) is 10. The van der Waals surface area contributed by atoms with Crippen LogP contribution in [0.25, 0.3) is 0 Å². The smallest absolute Gasteiger partial charge is 0.249 e. The number of nitrogens with one attached hydrogen (secondary N) is 1. The molecular weight excluding hydrogens is 895 g/mol. The summed E-state index contributed by atoms with van der Waals surface area (Å²) in [4.78, 5) is 13.1. The number of unbranched alkanes of at least 4 members (excludes halogenated alkanes) is 31. The number of allylic oxidation sites excluding steroid dienone is 8. The maximum Gasteiger partial charge on any atom is 0.249 e. The Kier molecular flexibility index (Phi) is 46.3. The minimum absolute atomic E-state index is 0.243. The maximum absolute atomic E-state index is 13.1. The molecule has 9 atom stereocenters. The lowest BCUT2D eigenvalue weighted by atomic mass is 9.98. The van der Waals surface area contributed by atoms with Crippen LogP contribution in [0.2, 0.25) is 0 Å². The molecular formula is C60H111NO10. The fraction of sp³-hybridized carbons (Fsp3) is 0.850. The summed E-state index contributed by atoms with van der Waals surface area (Å²) in [6, 6.07) is -1.19. The van der Waals surface area contributed by atoms with Crippen molar-refractivity contribution >= 4 is 5.91 Å². The highest BCUT2D eigenvalue weighted by Crippen LogP contribution is 2.23. The van der Waals surface area contributed by atoms with Gasteiger partial charge in [0, 0.05) is 0 Å². The molecule has 416 valence electrons. The molecule has 1 amide bonds. The Morgan fingerprint density at radius 3 is 1.42 bits per heavy atom. The summed E-state index contributed by atoms with van der Waals surface area (Å²) in [5.74, 6) is -0.713. The van der Waals surface area contributed by atoms with Gasteiger partial charge >= 0.3 is 0 Å². The quantitative estimate of drug-likeness (QED) is 0.0215. The summed E-state index contributed by atoms with van der Waals surface area (Å²) in [6.45, 7) is 3.19. The van der Waals surface area contributed by atoms with Gasteiger partial charge in [-0.15, -0.1) is 0 Å². The van der Waals surface area contributed by atoms with Gasteiger partial charge in [0.1, 0.15) is 36.6 Å². The molecule has 1 heterocycles. The zero-order valence-corrected chi connectivity index (χ0v) is 45.5. The van der Waals surface area contributed by atoms with Gasteiger partial charge in [0.2, 0.25) is 5.91 Å². The van der Waals surface area contributed by atoms with Crippen molar-refractivity contribution in [3.63, 3.8) is 0 Å². The third-order valence-corrected chi connectivity index (χ3v) is 14.2. The molecule has 9 unspecified atom stereocenters. The summed E-state index contributed by atoms with van der Waals surface area (Å²) < 4.78 is 11.1. The Bertz CT molecular complexity index is 1290. The number of carbonyl (C=O) groups is 1. The van der Waals surface area contributed by atoms with Crippen LogP contribution in [0.4, 0.5) is 0 Å². The fourth-order valence-electron chi connectivity index (χ4n) is 9.38. The molecule has 0 saturated carbocycles. The highest BCUT2D eigenvalue weighted by atomic mass is 16.7. The van der Waals surface area contributed by atoms with Crippen molar-refractivity contribution in [1.82, 2.24) is 5.32 Å². The zero-order chi connectivity index (χ0) is 51.8. The van der Waals surface area contributed by atoms with Gasteiger partial charge < -0.3 is 50.5 Å². The van der Waals surface area contributed by atoms with Crippen LogP contribution >= 0.6 is 0 Å². The van der Waals surface area contributed by atoms with E-state index in [1.54, 1.807) is 0 Å². The molecule has 0 radical (unpaired) electrons. The van der Waals surface area contributed by atoms with Crippen LogP contribution in [0.3, 0.4) is 0 Å². The van der Waals surface area contributed by atoms with Crippen molar-refractivity contribution in [2.75, 3.05) is 13.2 Å². The molecule has 1 aliphatic heterocycles. The van der Waals surface area contributed by atoms with Crippen molar-refractivity contribution in [2.45, 2.75) is 313 Å². The van der Waals surface area contributed by atoms with Gasteiger partial charge in [-0.25, -0.2) is 0 Å². The second kappa shape index (κ2) is 49.0. The van der Waals surface area contributed by atoms with Gasteiger partial charge in [-0.2, -0.15) is 0 Å². The van der Waals surface area contributed by atoms with E-state index in [4.69, 9.17) is 9.47 Å². The first kappa shape index (κ1) is 67.1. The van der Waals surface area contributed by atoms with Crippen LogP contribution in [0.15, 0.2) is 48.6 Å². The average Bonchev–Trinajstić information content (AvgIpc) is 3.37. The van der Waals surface area contributed by atoms with E-state index in [1.165, 1.54) is 173 Å². The van der Waals surface area contributed by atoms with Gasteiger partial charge in [-0.05, 0) is 77.6 Å². The van der Waals surface area contributed by atoms with Gasteiger partial charge in [-0.3, -0.25) is 4.79 Å². The molecule has 11 heteroatoms. The number of aliphatic hydroxyl groups excluding tert-OH is 7. The summed E-state index contributed by atoms with van der Waals surface area (Å²) in [5, 5.41) is 75.6. The standard InChI is InChI=1S/C60H111NO10/c1-3-5-7-9-11-13-14-15-16-17-18-19-20-21-22-23-24-25-26-27-28-29-30-31-32-33-34-35-36-37-38-39-40-42-44-46-48-53(64)59(69)61-51(50-70-60-58(68)57(67)56(66)54(49-62)71-60)55(65)52(63)47-45-43-41-12-10-8-6-4-2/h4,6,12,22-23,25-26,41,51-58,60,62-68H,3,5,7-11,13-21,24,27-40,42-50H2,1-2H3,(H,61,69)/b6-4+,23-22-,26-25-,41-12+. The molecule has 1 saturated heterocycles. The lowest BCUT2D eigenvalue weighted by Crippen LogP contribution is -2.60. The largest absolute Gasteiger partial charge is 0.394 e. The van der Waals surface area contributed by atoms with E-state index in [-0.39, 0.29) is 12.8 Å². The summed E-state index contributed by atoms with van der Waals surface area (Å²) in [7, 11) is 0. The lowest BCUT2D eigenvalue weighted by Gasteiger charge is -2.40. The second-order valence-corrected chi connectivity index (χ2v) is 20.7. The highest BCUT2D eigenvalue weighted by Gasteiger charge is 2.44. The summed E-state index contributed by atoms with van der Waals surface area (Å²) >= 11 is 0. The van der Waals surface area contributed by atoms with Crippen LogP contribution in [0, 0.1) is 0 Å². The first-order valence-electron chi connectivity index (χ1n) is 29.5. The average molecular weight is 1010 g/mol. The van der Waals surface area contributed by atoms with Gasteiger partial charge in [-0.1, -0.05) is 229 Å². The Morgan fingerprint density at radius 2 is 0.944 bits per heavy atom. The Labute approximate surface area is 434 Å². The van der Waals surface area contributed by atoms with E-state index in [9.17, 15) is 40.5 Å².